The molecule has 1 fully saturated rings. The van der Waals surface area contributed by atoms with Crippen LogP contribution in [0.25, 0.3) is 0 Å². The molecule has 0 spiro atoms. The zero-order chi connectivity index (χ0) is 11.5. The van der Waals surface area contributed by atoms with E-state index in [1.165, 1.54) is 5.56 Å². The van der Waals surface area contributed by atoms with E-state index in [0.717, 1.165) is 26.2 Å². The molecule has 0 bridgehead atoms. The quantitative estimate of drug-likeness (QED) is 0.819. The van der Waals surface area contributed by atoms with Gasteiger partial charge in [-0.3, -0.25) is 4.90 Å². The van der Waals surface area contributed by atoms with Crippen LogP contribution in [0, 0.1) is 0 Å². The van der Waals surface area contributed by atoms with Gasteiger partial charge in [-0.1, -0.05) is 12.1 Å². The highest BCUT2D eigenvalue weighted by atomic mass is 16.3. The van der Waals surface area contributed by atoms with Gasteiger partial charge >= 0.3 is 0 Å². The van der Waals surface area contributed by atoms with Crippen LogP contribution in [0.5, 0.6) is 5.75 Å². The van der Waals surface area contributed by atoms with E-state index in [0.29, 0.717) is 11.8 Å². The van der Waals surface area contributed by atoms with Crippen LogP contribution in [0.15, 0.2) is 24.3 Å². The molecule has 1 unspecified atom stereocenters. The first-order valence-corrected chi connectivity index (χ1v) is 5.85. The normalized spacial score (nSPS) is 23.5. The molecule has 2 rings (SSSR count). The second kappa shape index (κ2) is 4.85. The second-order valence-corrected chi connectivity index (χ2v) is 4.75. The third-order valence-corrected chi connectivity index (χ3v) is 3.26. The molecule has 1 aliphatic rings. The van der Waals surface area contributed by atoms with Gasteiger partial charge < -0.3 is 10.0 Å². The van der Waals surface area contributed by atoms with Gasteiger partial charge in [-0.2, -0.15) is 0 Å². The van der Waals surface area contributed by atoms with Crippen molar-refractivity contribution in [2.45, 2.75) is 19.5 Å². The lowest BCUT2D eigenvalue weighted by molar-refractivity contribution is 0.0938. The molecule has 0 amide bonds. The van der Waals surface area contributed by atoms with Crippen molar-refractivity contribution >= 4 is 0 Å². The Balaban J connectivity index is 1.99. The number of aromatic hydroxyl groups is 1. The molecule has 0 saturated carbocycles. The Morgan fingerprint density at radius 2 is 2.19 bits per heavy atom. The first kappa shape index (κ1) is 11.4. The van der Waals surface area contributed by atoms with Crippen LogP contribution in [-0.4, -0.2) is 47.6 Å². The molecule has 1 atom stereocenters. The predicted octanol–water partition coefficient (Wildman–Crippen LogP) is 1.53. The van der Waals surface area contributed by atoms with Crippen molar-refractivity contribution in [1.29, 1.82) is 0 Å². The van der Waals surface area contributed by atoms with E-state index < -0.39 is 0 Å². The molecule has 1 saturated heterocycles. The predicted molar refractivity (Wildman–Crippen MR) is 65.5 cm³/mol. The average molecular weight is 220 g/mol. The highest BCUT2D eigenvalue weighted by Crippen LogP contribution is 2.16. The van der Waals surface area contributed by atoms with Gasteiger partial charge in [-0.25, -0.2) is 0 Å². The molecule has 3 heteroatoms. The van der Waals surface area contributed by atoms with Crippen molar-refractivity contribution in [2.24, 2.45) is 0 Å². The number of phenols is 1. The number of likely N-dealkylation sites (N-methyl/N-ethyl adjacent to an activating group) is 1. The lowest BCUT2D eigenvalue weighted by Gasteiger charge is -2.38. The summed E-state index contributed by atoms with van der Waals surface area (Å²) in [6, 6.07) is 8.14. The topological polar surface area (TPSA) is 26.7 Å². The van der Waals surface area contributed by atoms with Crippen LogP contribution in [0.2, 0.25) is 0 Å². The second-order valence-electron chi connectivity index (χ2n) is 4.75. The van der Waals surface area contributed by atoms with Gasteiger partial charge in [0.25, 0.3) is 0 Å². The van der Waals surface area contributed by atoms with E-state index in [2.05, 4.69) is 29.8 Å². The minimum absolute atomic E-state index is 0.360. The summed E-state index contributed by atoms with van der Waals surface area (Å²) >= 11 is 0. The maximum absolute atomic E-state index is 9.42. The van der Waals surface area contributed by atoms with E-state index in [-0.39, 0.29) is 0 Å². The van der Waals surface area contributed by atoms with Crippen molar-refractivity contribution in [1.82, 2.24) is 9.80 Å². The minimum Gasteiger partial charge on any atom is -0.508 e. The number of phenolic OH excluding ortho intramolecular Hbond substituents is 1. The summed E-state index contributed by atoms with van der Waals surface area (Å²) in [5.41, 5.74) is 1.19. The van der Waals surface area contributed by atoms with Crippen molar-refractivity contribution in [3.63, 3.8) is 0 Å². The minimum atomic E-state index is 0.360. The number of piperazine rings is 1. The Bertz CT molecular complexity index is 354. The van der Waals surface area contributed by atoms with Gasteiger partial charge in [-0.05, 0) is 31.7 Å². The largest absolute Gasteiger partial charge is 0.508 e. The summed E-state index contributed by atoms with van der Waals surface area (Å²) in [7, 11) is 2.17. The summed E-state index contributed by atoms with van der Waals surface area (Å²) in [4.78, 5) is 4.83. The van der Waals surface area contributed by atoms with Crippen LogP contribution in [0.4, 0.5) is 0 Å². The monoisotopic (exact) mass is 220 g/mol. The molecule has 0 aliphatic carbocycles. The highest BCUT2D eigenvalue weighted by molar-refractivity contribution is 5.27. The van der Waals surface area contributed by atoms with Gasteiger partial charge in [0.05, 0.1) is 0 Å². The molecular formula is C13H20N2O. The standard InChI is InChI=1S/C13H20N2O/c1-11-9-14(2)6-7-15(11)10-12-4-3-5-13(16)8-12/h3-5,8,11,16H,6-7,9-10H2,1-2H3. The summed E-state index contributed by atoms with van der Waals surface area (Å²) in [5.74, 6) is 0.360. The molecule has 88 valence electrons. The average Bonchev–Trinajstić information content (AvgIpc) is 2.22. The maximum atomic E-state index is 9.42. The van der Waals surface area contributed by atoms with Gasteiger partial charge in [0.15, 0.2) is 0 Å². The number of rotatable bonds is 2. The molecule has 1 aromatic rings. The van der Waals surface area contributed by atoms with Gasteiger partial charge in [-0.15, -0.1) is 0 Å². The number of nitrogens with zero attached hydrogens (tertiary/aromatic N) is 2. The fraction of sp³-hybridized carbons (Fsp3) is 0.538. The first-order valence-electron chi connectivity index (χ1n) is 5.85. The fourth-order valence-electron chi connectivity index (χ4n) is 2.30. The third kappa shape index (κ3) is 2.74. The molecule has 1 heterocycles. The van der Waals surface area contributed by atoms with Crippen LogP contribution >= 0.6 is 0 Å². The Morgan fingerprint density at radius 1 is 1.38 bits per heavy atom. The highest BCUT2D eigenvalue weighted by Gasteiger charge is 2.21. The Morgan fingerprint density at radius 3 is 2.88 bits per heavy atom. The number of hydrogen-bond acceptors (Lipinski definition) is 3. The molecule has 1 aromatic carbocycles. The van der Waals surface area contributed by atoms with Crippen molar-refractivity contribution in [3.05, 3.63) is 29.8 Å². The Kier molecular flexibility index (Phi) is 3.46. The van der Waals surface area contributed by atoms with Crippen LogP contribution < -0.4 is 0 Å². The molecule has 3 nitrogen and oxygen atoms in total. The molecule has 0 radical (unpaired) electrons. The Labute approximate surface area is 97.3 Å². The molecule has 0 aromatic heterocycles. The van der Waals surface area contributed by atoms with Crippen LogP contribution in [-0.2, 0) is 6.54 Å². The van der Waals surface area contributed by atoms with Crippen LogP contribution in [0.3, 0.4) is 0 Å². The summed E-state index contributed by atoms with van der Waals surface area (Å²) in [6.45, 7) is 6.55. The van der Waals surface area contributed by atoms with E-state index in [4.69, 9.17) is 0 Å². The zero-order valence-corrected chi connectivity index (χ0v) is 10.1. The van der Waals surface area contributed by atoms with Crippen LogP contribution in [0.1, 0.15) is 12.5 Å². The molecule has 16 heavy (non-hydrogen) atoms. The SMILES string of the molecule is CC1CN(C)CCN1Cc1cccc(O)c1. The van der Waals surface area contributed by atoms with Gasteiger partial charge in [0.2, 0.25) is 0 Å². The number of hydrogen-bond donors (Lipinski definition) is 1. The lowest BCUT2D eigenvalue weighted by Crippen LogP contribution is -2.49. The first-order chi connectivity index (χ1) is 7.65. The molecule has 1 N–H and O–H groups in total. The van der Waals surface area contributed by atoms with Crippen molar-refractivity contribution < 1.29 is 5.11 Å². The van der Waals surface area contributed by atoms with E-state index in [1.54, 1.807) is 6.07 Å². The lowest BCUT2D eigenvalue weighted by atomic mass is 10.1. The smallest absolute Gasteiger partial charge is 0.115 e. The van der Waals surface area contributed by atoms with E-state index in [9.17, 15) is 5.11 Å². The van der Waals surface area contributed by atoms with Crippen molar-refractivity contribution in [2.75, 3.05) is 26.7 Å². The summed E-state index contributed by atoms with van der Waals surface area (Å²) < 4.78 is 0. The maximum Gasteiger partial charge on any atom is 0.115 e. The summed E-state index contributed by atoms with van der Waals surface area (Å²) in [6.07, 6.45) is 0. The fourth-order valence-corrected chi connectivity index (χ4v) is 2.30. The van der Waals surface area contributed by atoms with E-state index in [1.807, 2.05) is 12.1 Å². The van der Waals surface area contributed by atoms with Gasteiger partial charge in [0.1, 0.15) is 5.75 Å². The molecular weight excluding hydrogens is 200 g/mol. The number of benzene rings is 1. The van der Waals surface area contributed by atoms with Gasteiger partial charge in [0, 0.05) is 32.2 Å². The zero-order valence-electron chi connectivity index (χ0n) is 10.1. The summed E-state index contributed by atoms with van der Waals surface area (Å²) in [5, 5.41) is 9.42. The third-order valence-electron chi connectivity index (χ3n) is 3.26. The molecule has 1 aliphatic heterocycles. The Hall–Kier alpha value is -1.06. The van der Waals surface area contributed by atoms with Crippen molar-refractivity contribution in [3.8, 4) is 5.75 Å². The van der Waals surface area contributed by atoms with E-state index >= 15 is 0 Å².